The van der Waals surface area contributed by atoms with Crippen molar-refractivity contribution in [3.8, 4) is 5.75 Å². The van der Waals surface area contributed by atoms with Crippen molar-refractivity contribution < 1.29 is 41.8 Å². The van der Waals surface area contributed by atoms with Crippen molar-refractivity contribution in [1.82, 2.24) is 5.32 Å². The van der Waals surface area contributed by atoms with E-state index in [4.69, 9.17) is 14.2 Å². The number of methoxy groups -OCH3 is 1. The van der Waals surface area contributed by atoms with Crippen molar-refractivity contribution in [2.45, 2.75) is 19.1 Å². The summed E-state index contributed by atoms with van der Waals surface area (Å²) in [5.41, 5.74) is -0.740. The monoisotopic (exact) mass is 468 g/mol. The van der Waals surface area contributed by atoms with Gasteiger partial charge in [-0.05, 0) is 49.4 Å². The molecule has 0 spiro atoms. The second kappa shape index (κ2) is 11.9. The summed E-state index contributed by atoms with van der Waals surface area (Å²) in [4.78, 5) is 35.7. The first-order valence-electron chi connectivity index (χ1n) is 9.74. The zero-order valence-electron chi connectivity index (χ0n) is 17.9. The van der Waals surface area contributed by atoms with Gasteiger partial charge in [0.05, 0.1) is 17.7 Å². The quantitative estimate of drug-likeness (QED) is 0.520. The number of esters is 1. The number of halogens is 3. The fraction of sp³-hybridized carbons (Fsp3) is 0.318. The van der Waals surface area contributed by atoms with Gasteiger partial charge in [0.2, 0.25) is 0 Å². The van der Waals surface area contributed by atoms with E-state index in [-0.39, 0.29) is 23.0 Å². The molecule has 0 bridgehead atoms. The average molecular weight is 468 g/mol. The standard InChI is InChI=1S/C22H23F3N2O6/c1-14(11-31-2)26-19(28)13-33-21(30)15-6-8-18(9-7-15)32-12-20(29)27-17-5-3-4-16(10-17)22(23,24)25/h3-10,14H,11-13H2,1-2H3,(H,26,28)(H,27,29). The van der Waals surface area contributed by atoms with Crippen LogP contribution in [0.2, 0.25) is 0 Å². The summed E-state index contributed by atoms with van der Waals surface area (Å²) in [7, 11) is 1.50. The predicted molar refractivity (Wildman–Crippen MR) is 112 cm³/mol. The van der Waals surface area contributed by atoms with E-state index in [0.717, 1.165) is 12.1 Å². The molecule has 2 aromatic carbocycles. The van der Waals surface area contributed by atoms with Crippen LogP contribution in [0.3, 0.4) is 0 Å². The lowest BCUT2D eigenvalue weighted by Gasteiger charge is -2.13. The van der Waals surface area contributed by atoms with E-state index in [1.54, 1.807) is 6.92 Å². The Balaban J connectivity index is 1.80. The van der Waals surface area contributed by atoms with Gasteiger partial charge in [0, 0.05) is 18.8 Å². The second-order valence-corrected chi connectivity index (χ2v) is 6.94. The van der Waals surface area contributed by atoms with Gasteiger partial charge >= 0.3 is 12.1 Å². The molecule has 1 atom stereocenters. The van der Waals surface area contributed by atoms with Crippen LogP contribution in [0.15, 0.2) is 48.5 Å². The number of ether oxygens (including phenoxy) is 3. The average Bonchev–Trinajstić information content (AvgIpc) is 2.76. The van der Waals surface area contributed by atoms with Gasteiger partial charge in [-0.25, -0.2) is 4.79 Å². The Morgan fingerprint density at radius 2 is 1.70 bits per heavy atom. The lowest BCUT2D eigenvalue weighted by Crippen LogP contribution is -2.38. The first-order chi connectivity index (χ1) is 15.6. The third kappa shape index (κ3) is 8.81. The molecular formula is C22H23F3N2O6. The van der Waals surface area contributed by atoms with Crippen molar-refractivity contribution in [1.29, 1.82) is 0 Å². The molecule has 2 aromatic rings. The fourth-order valence-electron chi connectivity index (χ4n) is 2.63. The number of carbonyl (C=O) groups excluding carboxylic acids is 3. The lowest BCUT2D eigenvalue weighted by atomic mass is 10.2. The Labute approximate surface area is 188 Å². The minimum Gasteiger partial charge on any atom is -0.484 e. The largest absolute Gasteiger partial charge is 0.484 e. The summed E-state index contributed by atoms with van der Waals surface area (Å²) >= 11 is 0. The summed E-state index contributed by atoms with van der Waals surface area (Å²) in [6.45, 7) is 1.14. The minimum atomic E-state index is -4.52. The molecule has 1 unspecified atom stereocenters. The van der Waals surface area contributed by atoms with E-state index in [2.05, 4.69) is 10.6 Å². The number of amides is 2. The molecule has 11 heteroatoms. The third-order valence-corrected chi connectivity index (χ3v) is 4.09. The summed E-state index contributed by atoms with van der Waals surface area (Å²) in [5, 5.41) is 4.92. The Morgan fingerprint density at radius 3 is 2.33 bits per heavy atom. The van der Waals surface area contributed by atoms with E-state index in [0.29, 0.717) is 6.61 Å². The Kier molecular flexibility index (Phi) is 9.22. The van der Waals surface area contributed by atoms with Crippen LogP contribution in [0.5, 0.6) is 5.75 Å². The number of alkyl halides is 3. The molecular weight excluding hydrogens is 445 g/mol. The number of rotatable bonds is 10. The van der Waals surface area contributed by atoms with Crippen LogP contribution in [-0.4, -0.2) is 50.8 Å². The van der Waals surface area contributed by atoms with Crippen LogP contribution in [0.1, 0.15) is 22.8 Å². The van der Waals surface area contributed by atoms with Crippen LogP contribution in [-0.2, 0) is 25.2 Å². The molecule has 0 aliphatic heterocycles. The van der Waals surface area contributed by atoms with Gasteiger partial charge in [0.15, 0.2) is 13.2 Å². The van der Waals surface area contributed by atoms with Gasteiger partial charge in [0.25, 0.3) is 11.8 Å². The lowest BCUT2D eigenvalue weighted by molar-refractivity contribution is -0.137. The summed E-state index contributed by atoms with van der Waals surface area (Å²) in [6, 6.07) is 9.57. The molecule has 0 aromatic heterocycles. The smallest absolute Gasteiger partial charge is 0.416 e. The highest BCUT2D eigenvalue weighted by molar-refractivity contribution is 5.92. The SMILES string of the molecule is COCC(C)NC(=O)COC(=O)c1ccc(OCC(=O)Nc2cccc(C(F)(F)F)c2)cc1. The maximum atomic E-state index is 12.7. The van der Waals surface area contributed by atoms with Crippen molar-refractivity contribution >= 4 is 23.5 Å². The highest BCUT2D eigenvalue weighted by atomic mass is 19.4. The first-order valence-corrected chi connectivity index (χ1v) is 9.74. The molecule has 178 valence electrons. The number of hydrogen-bond acceptors (Lipinski definition) is 6. The first kappa shape index (κ1) is 25.7. The summed E-state index contributed by atoms with van der Waals surface area (Å²) < 4.78 is 53.3. The number of nitrogens with one attached hydrogen (secondary N) is 2. The zero-order valence-corrected chi connectivity index (χ0v) is 17.9. The minimum absolute atomic E-state index is 0.0165. The second-order valence-electron chi connectivity index (χ2n) is 6.94. The van der Waals surface area contributed by atoms with Crippen LogP contribution < -0.4 is 15.4 Å². The molecule has 33 heavy (non-hydrogen) atoms. The molecule has 0 saturated heterocycles. The van der Waals surface area contributed by atoms with Crippen LogP contribution >= 0.6 is 0 Å². The number of carbonyl (C=O) groups is 3. The van der Waals surface area contributed by atoms with E-state index in [1.807, 2.05) is 0 Å². The van der Waals surface area contributed by atoms with Gasteiger partial charge in [-0.1, -0.05) is 6.07 Å². The highest BCUT2D eigenvalue weighted by Crippen LogP contribution is 2.30. The van der Waals surface area contributed by atoms with Gasteiger partial charge in [-0.15, -0.1) is 0 Å². The Morgan fingerprint density at radius 1 is 1.00 bits per heavy atom. The predicted octanol–water partition coefficient (Wildman–Crippen LogP) is 3.03. The summed E-state index contributed by atoms with van der Waals surface area (Å²) in [6.07, 6.45) is -4.52. The topological polar surface area (TPSA) is 103 Å². The van der Waals surface area contributed by atoms with Gasteiger partial charge in [-0.3, -0.25) is 9.59 Å². The van der Waals surface area contributed by atoms with Crippen LogP contribution in [0, 0.1) is 0 Å². The number of hydrogen-bond donors (Lipinski definition) is 2. The van der Waals surface area contributed by atoms with Crippen molar-refractivity contribution in [3.05, 3.63) is 59.7 Å². The van der Waals surface area contributed by atoms with Gasteiger partial charge in [0.1, 0.15) is 5.75 Å². The van der Waals surface area contributed by atoms with Gasteiger partial charge in [-0.2, -0.15) is 13.2 Å². The molecule has 2 amide bonds. The highest BCUT2D eigenvalue weighted by Gasteiger charge is 2.30. The van der Waals surface area contributed by atoms with Crippen molar-refractivity contribution in [2.75, 3.05) is 32.2 Å². The number of anilines is 1. The van der Waals surface area contributed by atoms with E-state index in [9.17, 15) is 27.6 Å². The van der Waals surface area contributed by atoms with Crippen LogP contribution in [0.4, 0.5) is 18.9 Å². The van der Waals surface area contributed by atoms with E-state index >= 15 is 0 Å². The number of benzene rings is 2. The molecule has 2 rings (SSSR count). The fourth-order valence-corrected chi connectivity index (χ4v) is 2.63. The Hall–Kier alpha value is -3.60. The zero-order chi connectivity index (χ0) is 24.4. The molecule has 0 aliphatic carbocycles. The molecule has 2 N–H and O–H groups in total. The van der Waals surface area contributed by atoms with Gasteiger partial charge < -0.3 is 24.8 Å². The third-order valence-electron chi connectivity index (χ3n) is 4.09. The molecule has 8 nitrogen and oxygen atoms in total. The Bertz CT molecular complexity index is 963. The molecule has 0 saturated carbocycles. The molecule has 0 fully saturated rings. The normalized spacial score (nSPS) is 11.9. The molecule has 0 aliphatic rings. The van der Waals surface area contributed by atoms with E-state index in [1.165, 1.54) is 43.5 Å². The maximum absolute atomic E-state index is 12.7. The van der Waals surface area contributed by atoms with Crippen LogP contribution in [0.25, 0.3) is 0 Å². The van der Waals surface area contributed by atoms with Crippen molar-refractivity contribution in [2.24, 2.45) is 0 Å². The summed E-state index contributed by atoms with van der Waals surface area (Å²) in [5.74, 6) is -1.61. The molecule has 0 radical (unpaired) electrons. The van der Waals surface area contributed by atoms with E-state index < -0.39 is 42.7 Å². The molecule has 0 heterocycles. The maximum Gasteiger partial charge on any atom is 0.416 e. The van der Waals surface area contributed by atoms with Crippen molar-refractivity contribution in [3.63, 3.8) is 0 Å².